The first-order valence-corrected chi connectivity index (χ1v) is 7.18. The molecule has 2 atom stereocenters. The maximum Gasteiger partial charge on any atom is 0.0931 e. The van der Waals surface area contributed by atoms with E-state index in [0.29, 0.717) is 5.92 Å². The molecular formula is C17H20N2O. The zero-order valence-corrected chi connectivity index (χ0v) is 11.7. The lowest BCUT2D eigenvalue weighted by Crippen LogP contribution is -2.19. The van der Waals surface area contributed by atoms with E-state index in [1.165, 1.54) is 12.0 Å². The number of benzene rings is 1. The predicted octanol–water partition coefficient (Wildman–Crippen LogP) is 3.13. The summed E-state index contributed by atoms with van der Waals surface area (Å²) in [5.41, 5.74) is 3.30. The number of aliphatic hydroxyl groups excluding tert-OH is 1. The summed E-state index contributed by atoms with van der Waals surface area (Å²) >= 11 is 0. The molecule has 2 heterocycles. The molecule has 1 aromatic heterocycles. The van der Waals surface area contributed by atoms with Gasteiger partial charge in [-0.3, -0.25) is 4.98 Å². The van der Waals surface area contributed by atoms with Crippen LogP contribution in [0.1, 0.15) is 36.6 Å². The molecule has 1 saturated heterocycles. The second kappa shape index (κ2) is 5.63. The third kappa shape index (κ3) is 2.68. The van der Waals surface area contributed by atoms with Gasteiger partial charge in [0.25, 0.3) is 0 Å². The molecule has 3 heteroatoms. The minimum Gasteiger partial charge on any atom is -0.387 e. The van der Waals surface area contributed by atoms with Gasteiger partial charge in [-0.25, -0.2) is 0 Å². The summed E-state index contributed by atoms with van der Waals surface area (Å²) in [6.45, 7) is 3.85. The number of aliphatic hydroxyl groups is 1. The molecule has 2 aromatic rings. The first-order chi connectivity index (χ1) is 9.74. The highest BCUT2D eigenvalue weighted by molar-refractivity contribution is 5.47. The molecule has 1 N–H and O–H groups in total. The number of pyridine rings is 1. The molecule has 3 rings (SSSR count). The van der Waals surface area contributed by atoms with Crippen molar-refractivity contribution < 1.29 is 5.11 Å². The van der Waals surface area contributed by atoms with Crippen molar-refractivity contribution in [3.05, 3.63) is 59.9 Å². The van der Waals surface area contributed by atoms with Crippen LogP contribution in [0.4, 0.5) is 5.69 Å². The van der Waals surface area contributed by atoms with Gasteiger partial charge in [0.2, 0.25) is 0 Å². The van der Waals surface area contributed by atoms with Crippen LogP contribution in [0.25, 0.3) is 0 Å². The van der Waals surface area contributed by atoms with E-state index in [1.54, 1.807) is 6.92 Å². The predicted molar refractivity (Wildman–Crippen MR) is 80.9 cm³/mol. The average Bonchev–Trinajstić information content (AvgIpc) is 2.98. The fourth-order valence-corrected chi connectivity index (χ4v) is 2.82. The van der Waals surface area contributed by atoms with Crippen molar-refractivity contribution in [2.24, 2.45) is 0 Å². The summed E-state index contributed by atoms with van der Waals surface area (Å²) in [6.07, 6.45) is 2.55. The van der Waals surface area contributed by atoms with E-state index in [1.807, 2.05) is 12.3 Å². The Morgan fingerprint density at radius 1 is 1.20 bits per heavy atom. The van der Waals surface area contributed by atoms with E-state index in [0.717, 1.165) is 24.5 Å². The van der Waals surface area contributed by atoms with Crippen LogP contribution < -0.4 is 4.90 Å². The molecule has 3 nitrogen and oxygen atoms in total. The van der Waals surface area contributed by atoms with E-state index >= 15 is 0 Å². The summed E-state index contributed by atoms with van der Waals surface area (Å²) in [7, 11) is 0. The van der Waals surface area contributed by atoms with E-state index in [2.05, 4.69) is 46.3 Å². The third-order valence-electron chi connectivity index (χ3n) is 4.02. The van der Waals surface area contributed by atoms with E-state index in [9.17, 15) is 5.11 Å². The van der Waals surface area contributed by atoms with Crippen LogP contribution in [0.5, 0.6) is 0 Å². The maximum absolute atomic E-state index is 9.49. The Balaban J connectivity index is 1.71. The largest absolute Gasteiger partial charge is 0.387 e. The molecule has 104 valence electrons. The molecule has 1 fully saturated rings. The second-order valence-corrected chi connectivity index (χ2v) is 5.46. The van der Waals surface area contributed by atoms with Crippen molar-refractivity contribution >= 4 is 5.69 Å². The highest BCUT2D eigenvalue weighted by atomic mass is 16.3. The van der Waals surface area contributed by atoms with Gasteiger partial charge in [0.05, 0.1) is 23.7 Å². The van der Waals surface area contributed by atoms with E-state index < -0.39 is 6.10 Å². The zero-order chi connectivity index (χ0) is 13.9. The Bertz CT molecular complexity index is 551. The normalized spacial score (nSPS) is 20.1. The summed E-state index contributed by atoms with van der Waals surface area (Å²) < 4.78 is 0. The lowest BCUT2D eigenvalue weighted by Gasteiger charge is -2.19. The van der Waals surface area contributed by atoms with Crippen molar-refractivity contribution in [3.63, 3.8) is 0 Å². The number of nitrogens with zero attached hydrogens (tertiary/aromatic N) is 2. The average molecular weight is 268 g/mol. The van der Waals surface area contributed by atoms with Gasteiger partial charge in [-0.1, -0.05) is 30.3 Å². The van der Waals surface area contributed by atoms with Crippen LogP contribution in [-0.2, 0) is 0 Å². The lowest BCUT2D eigenvalue weighted by atomic mass is 9.99. The Kier molecular flexibility index (Phi) is 3.70. The van der Waals surface area contributed by atoms with Crippen LogP contribution in [0.2, 0.25) is 0 Å². The Hall–Kier alpha value is -1.87. The fraction of sp³-hybridized carbons (Fsp3) is 0.353. The lowest BCUT2D eigenvalue weighted by molar-refractivity contribution is 0.194. The first kappa shape index (κ1) is 13.1. The third-order valence-corrected chi connectivity index (χ3v) is 4.02. The Morgan fingerprint density at radius 2 is 2.00 bits per heavy atom. The van der Waals surface area contributed by atoms with Gasteiger partial charge in [0, 0.05) is 19.0 Å². The highest BCUT2D eigenvalue weighted by Crippen LogP contribution is 2.30. The quantitative estimate of drug-likeness (QED) is 0.929. The summed E-state index contributed by atoms with van der Waals surface area (Å²) in [4.78, 5) is 6.70. The van der Waals surface area contributed by atoms with Crippen LogP contribution >= 0.6 is 0 Å². The molecule has 0 amide bonds. The molecule has 1 aliphatic rings. The molecule has 1 aliphatic heterocycles. The molecule has 0 radical (unpaired) electrons. The molecule has 1 aromatic carbocycles. The number of hydrogen-bond donors (Lipinski definition) is 1. The zero-order valence-electron chi connectivity index (χ0n) is 11.7. The molecule has 0 aliphatic carbocycles. The van der Waals surface area contributed by atoms with Gasteiger partial charge in [0.1, 0.15) is 0 Å². The van der Waals surface area contributed by atoms with Crippen molar-refractivity contribution in [2.45, 2.75) is 25.4 Å². The number of anilines is 1. The fourth-order valence-electron chi connectivity index (χ4n) is 2.82. The van der Waals surface area contributed by atoms with Crippen molar-refractivity contribution in [1.82, 2.24) is 4.98 Å². The van der Waals surface area contributed by atoms with Gasteiger partial charge in [-0.2, -0.15) is 0 Å². The van der Waals surface area contributed by atoms with Crippen LogP contribution in [0.15, 0.2) is 48.7 Å². The smallest absolute Gasteiger partial charge is 0.0931 e. The Morgan fingerprint density at radius 3 is 2.65 bits per heavy atom. The second-order valence-electron chi connectivity index (χ2n) is 5.46. The minimum absolute atomic E-state index is 0.500. The standard InChI is InChI=1S/C17H20N2O/c1-13(20)17-8-7-16(11-18-17)19-10-9-15(12-19)14-5-3-2-4-6-14/h2-8,11,13,15,20H,9-10,12H2,1H3. The van der Waals surface area contributed by atoms with E-state index in [-0.39, 0.29) is 0 Å². The van der Waals surface area contributed by atoms with Gasteiger partial charge >= 0.3 is 0 Å². The van der Waals surface area contributed by atoms with Gasteiger partial charge < -0.3 is 10.0 Å². The monoisotopic (exact) mass is 268 g/mol. The highest BCUT2D eigenvalue weighted by Gasteiger charge is 2.24. The first-order valence-electron chi connectivity index (χ1n) is 7.18. The van der Waals surface area contributed by atoms with E-state index in [4.69, 9.17) is 0 Å². The van der Waals surface area contributed by atoms with Gasteiger partial charge in [-0.05, 0) is 31.0 Å². The van der Waals surface area contributed by atoms with Gasteiger partial charge in [-0.15, -0.1) is 0 Å². The molecule has 2 unspecified atom stereocenters. The SMILES string of the molecule is CC(O)c1ccc(N2CCC(c3ccccc3)C2)cn1. The Labute approximate surface area is 119 Å². The van der Waals surface area contributed by atoms with Crippen LogP contribution in [0.3, 0.4) is 0 Å². The van der Waals surface area contributed by atoms with Crippen LogP contribution in [0, 0.1) is 0 Å². The van der Waals surface area contributed by atoms with Crippen molar-refractivity contribution in [2.75, 3.05) is 18.0 Å². The minimum atomic E-state index is -0.500. The molecule has 0 bridgehead atoms. The van der Waals surface area contributed by atoms with Crippen LogP contribution in [-0.4, -0.2) is 23.2 Å². The summed E-state index contributed by atoms with van der Waals surface area (Å²) in [5, 5.41) is 9.49. The molecule has 0 spiro atoms. The number of hydrogen-bond acceptors (Lipinski definition) is 3. The number of rotatable bonds is 3. The summed E-state index contributed by atoms with van der Waals surface area (Å²) in [5.74, 6) is 0.604. The topological polar surface area (TPSA) is 36.4 Å². The molecular weight excluding hydrogens is 248 g/mol. The number of aromatic nitrogens is 1. The molecule has 0 saturated carbocycles. The maximum atomic E-state index is 9.49. The van der Waals surface area contributed by atoms with Gasteiger partial charge in [0.15, 0.2) is 0 Å². The molecule has 20 heavy (non-hydrogen) atoms. The summed E-state index contributed by atoms with van der Waals surface area (Å²) in [6, 6.07) is 14.7. The van der Waals surface area contributed by atoms with Crippen molar-refractivity contribution in [1.29, 1.82) is 0 Å². The van der Waals surface area contributed by atoms with Crippen molar-refractivity contribution in [3.8, 4) is 0 Å².